The van der Waals surface area contributed by atoms with E-state index < -0.39 is 0 Å². The Morgan fingerprint density at radius 3 is 2.75 bits per heavy atom. The largest absolute Gasteiger partial charge is 0.309 e. The molecule has 0 aliphatic heterocycles. The fraction of sp³-hybridized carbons (Fsp3) is 0.750. The van der Waals surface area contributed by atoms with Crippen molar-refractivity contribution in [2.45, 2.75) is 25.8 Å². The van der Waals surface area contributed by atoms with Crippen molar-refractivity contribution in [3.8, 4) is 0 Å². The summed E-state index contributed by atoms with van der Waals surface area (Å²) >= 11 is 0. The minimum atomic E-state index is 0.381. The van der Waals surface area contributed by atoms with Gasteiger partial charge in [-0.2, -0.15) is 5.10 Å². The van der Waals surface area contributed by atoms with Crippen LogP contribution < -0.4 is 5.32 Å². The zero-order valence-corrected chi connectivity index (χ0v) is 10.9. The van der Waals surface area contributed by atoms with Gasteiger partial charge < -0.3 is 10.2 Å². The quantitative estimate of drug-likeness (QED) is 0.711. The van der Waals surface area contributed by atoms with Gasteiger partial charge in [0.1, 0.15) is 0 Å². The van der Waals surface area contributed by atoms with Crippen LogP contribution in [0.25, 0.3) is 0 Å². The predicted octanol–water partition coefficient (Wildman–Crippen LogP) is 1.41. The molecule has 92 valence electrons. The van der Waals surface area contributed by atoms with Crippen LogP contribution in [0.2, 0.25) is 0 Å². The summed E-state index contributed by atoms with van der Waals surface area (Å²) < 4.78 is 1.93. The molecule has 0 spiro atoms. The van der Waals surface area contributed by atoms with Crippen LogP contribution in [0.15, 0.2) is 12.3 Å². The first-order valence-electron chi connectivity index (χ1n) is 5.97. The molecule has 1 aromatic rings. The molecular formula is C12H24N4. The second kappa shape index (κ2) is 6.66. The maximum Gasteiger partial charge on any atom is 0.0547 e. The van der Waals surface area contributed by atoms with E-state index in [0.29, 0.717) is 6.04 Å². The third kappa shape index (κ3) is 4.33. The Labute approximate surface area is 98.6 Å². The zero-order valence-electron chi connectivity index (χ0n) is 10.9. The van der Waals surface area contributed by atoms with Crippen molar-refractivity contribution in [1.29, 1.82) is 0 Å². The summed E-state index contributed by atoms with van der Waals surface area (Å²) in [7, 11) is 6.22. The Kier molecular flexibility index (Phi) is 5.49. The molecule has 0 saturated heterocycles. The summed E-state index contributed by atoms with van der Waals surface area (Å²) in [5.41, 5.74) is 1.24. The van der Waals surface area contributed by atoms with Gasteiger partial charge in [-0.15, -0.1) is 0 Å². The highest BCUT2D eigenvalue weighted by Gasteiger charge is 2.07. The number of aryl methyl sites for hydroxylation is 1. The smallest absolute Gasteiger partial charge is 0.0547 e. The number of rotatable bonds is 7. The maximum absolute atomic E-state index is 4.18. The van der Waals surface area contributed by atoms with E-state index in [9.17, 15) is 0 Å². The Hall–Kier alpha value is -0.870. The van der Waals surface area contributed by atoms with Crippen molar-refractivity contribution in [3.63, 3.8) is 0 Å². The molecule has 0 saturated carbocycles. The molecule has 1 aromatic heterocycles. The first-order chi connectivity index (χ1) is 7.61. The second-order valence-corrected chi connectivity index (χ2v) is 4.57. The second-order valence-electron chi connectivity index (χ2n) is 4.57. The standard InChI is InChI=1S/C12H24N4/c1-11(12-7-9-14-16(12)4)13-8-5-6-10-15(2)3/h7,9,11,13H,5-6,8,10H2,1-4H3. The van der Waals surface area contributed by atoms with E-state index in [1.807, 2.05) is 17.9 Å². The molecule has 0 amide bonds. The van der Waals surface area contributed by atoms with E-state index in [1.165, 1.54) is 25.1 Å². The van der Waals surface area contributed by atoms with Gasteiger partial charge in [0.15, 0.2) is 0 Å². The molecule has 4 heteroatoms. The average Bonchev–Trinajstić information content (AvgIpc) is 2.63. The lowest BCUT2D eigenvalue weighted by Gasteiger charge is -2.14. The summed E-state index contributed by atoms with van der Waals surface area (Å²) in [5, 5.41) is 7.70. The van der Waals surface area contributed by atoms with Gasteiger partial charge in [-0.25, -0.2) is 0 Å². The van der Waals surface area contributed by atoms with Gasteiger partial charge in [0.2, 0.25) is 0 Å². The fourth-order valence-electron chi connectivity index (χ4n) is 1.78. The molecule has 0 aromatic carbocycles. The van der Waals surface area contributed by atoms with Crippen LogP contribution in [0.1, 0.15) is 31.5 Å². The summed E-state index contributed by atoms with van der Waals surface area (Å²) in [6.45, 7) is 4.42. The minimum absolute atomic E-state index is 0.381. The SMILES string of the molecule is CC(NCCCCN(C)C)c1ccnn1C. The van der Waals surface area contributed by atoms with Crippen LogP contribution in [0.3, 0.4) is 0 Å². The molecule has 1 atom stereocenters. The highest BCUT2D eigenvalue weighted by atomic mass is 15.3. The molecule has 0 bridgehead atoms. The number of unbranched alkanes of at least 4 members (excludes halogenated alkanes) is 1. The number of nitrogens with one attached hydrogen (secondary N) is 1. The van der Waals surface area contributed by atoms with Crippen molar-refractivity contribution in [2.75, 3.05) is 27.2 Å². The molecule has 0 radical (unpaired) electrons. The number of nitrogens with zero attached hydrogens (tertiary/aromatic N) is 3. The van der Waals surface area contributed by atoms with Crippen LogP contribution in [0, 0.1) is 0 Å². The van der Waals surface area contributed by atoms with Crippen molar-refractivity contribution in [1.82, 2.24) is 20.0 Å². The van der Waals surface area contributed by atoms with Crippen LogP contribution in [0.5, 0.6) is 0 Å². The van der Waals surface area contributed by atoms with Crippen LogP contribution >= 0.6 is 0 Å². The lowest BCUT2D eigenvalue weighted by atomic mass is 10.2. The van der Waals surface area contributed by atoms with Crippen molar-refractivity contribution < 1.29 is 0 Å². The molecular weight excluding hydrogens is 200 g/mol. The monoisotopic (exact) mass is 224 g/mol. The zero-order chi connectivity index (χ0) is 12.0. The van der Waals surface area contributed by atoms with E-state index in [4.69, 9.17) is 0 Å². The van der Waals surface area contributed by atoms with Crippen LogP contribution in [-0.4, -0.2) is 41.9 Å². The van der Waals surface area contributed by atoms with E-state index in [2.05, 4.69) is 42.4 Å². The van der Waals surface area contributed by atoms with Gasteiger partial charge in [0.25, 0.3) is 0 Å². The van der Waals surface area contributed by atoms with Crippen molar-refractivity contribution in [2.24, 2.45) is 7.05 Å². The summed E-state index contributed by atoms with van der Waals surface area (Å²) in [4.78, 5) is 2.23. The summed E-state index contributed by atoms with van der Waals surface area (Å²) in [5.74, 6) is 0. The van der Waals surface area contributed by atoms with Gasteiger partial charge >= 0.3 is 0 Å². The molecule has 1 N–H and O–H groups in total. The van der Waals surface area contributed by atoms with Crippen molar-refractivity contribution in [3.05, 3.63) is 18.0 Å². The Morgan fingerprint density at radius 1 is 1.44 bits per heavy atom. The molecule has 16 heavy (non-hydrogen) atoms. The van der Waals surface area contributed by atoms with E-state index >= 15 is 0 Å². The van der Waals surface area contributed by atoms with Gasteiger partial charge in [0, 0.05) is 19.3 Å². The lowest BCUT2D eigenvalue weighted by Crippen LogP contribution is -2.23. The predicted molar refractivity (Wildman–Crippen MR) is 67.4 cm³/mol. The third-order valence-corrected chi connectivity index (χ3v) is 2.79. The first-order valence-corrected chi connectivity index (χ1v) is 5.97. The third-order valence-electron chi connectivity index (χ3n) is 2.79. The molecule has 0 fully saturated rings. The minimum Gasteiger partial charge on any atom is -0.309 e. The highest BCUT2D eigenvalue weighted by molar-refractivity contribution is 5.04. The topological polar surface area (TPSA) is 33.1 Å². The molecule has 1 unspecified atom stereocenters. The summed E-state index contributed by atoms with van der Waals surface area (Å²) in [6.07, 6.45) is 4.32. The average molecular weight is 224 g/mol. The molecule has 0 aliphatic carbocycles. The van der Waals surface area contributed by atoms with Crippen LogP contribution in [-0.2, 0) is 7.05 Å². The summed E-state index contributed by atoms with van der Waals surface area (Å²) in [6, 6.07) is 2.45. The van der Waals surface area contributed by atoms with Crippen molar-refractivity contribution >= 4 is 0 Å². The Bertz CT molecular complexity index is 293. The number of aromatic nitrogens is 2. The molecule has 4 nitrogen and oxygen atoms in total. The van der Waals surface area contributed by atoms with Crippen LogP contribution in [0.4, 0.5) is 0 Å². The normalized spacial score (nSPS) is 13.3. The van der Waals surface area contributed by atoms with E-state index in [-0.39, 0.29) is 0 Å². The Balaban J connectivity index is 2.16. The highest BCUT2D eigenvalue weighted by Crippen LogP contribution is 2.09. The van der Waals surface area contributed by atoms with E-state index in [0.717, 1.165) is 6.54 Å². The lowest BCUT2D eigenvalue weighted by molar-refractivity contribution is 0.388. The first kappa shape index (κ1) is 13.2. The van der Waals surface area contributed by atoms with Gasteiger partial charge in [-0.3, -0.25) is 4.68 Å². The number of hydrogen-bond acceptors (Lipinski definition) is 3. The van der Waals surface area contributed by atoms with E-state index in [1.54, 1.807) is 0 Å². The molecule has 0 aliphatic rings. The maximum atomic E-state index is 4.18. The van der Waals surface area contributed by atoms with Gasteiger partial charge in [-0.1, -0.05) is 0 Å². The number of hydrogen-bond donors (Lipinski definition) is 1. The van der Waals surface area contributed by atoms with Gasteiger partial charge in [-0.05, 0) is 53.0 Å². The molecule has 1 heterocycles. The Morgan fingerprint density at radius 2 is 2.19 bits per heavy atom. The molecule has 1 rings (SSSR count). The fourth-order valence-corrected chi connectivity index (χ4v) is 1.78. The van der Waals surface area contributed by atoms with Gasteiger partial charge in [0.05, 0.1) is 5.69 Å².